The van der Waals surface area contributed by atoms with Gasteiger partial charge in [-0.05, 0) is 13.0 Å². The van der Waals surface area contributed by atoms with Gasteiger partial charge in [-0.25, -0.2) is 0 Å². The van der Waals surface area contributed by atoms with Gasteiger partial charge in [0.15, 0.2) is 0 Å². The molecule has 0 saturated carbocycles. The zero-order chi connectivity index (χ0) is 6.24. The molecule has 0 rings (SSSR count). The Labute approximate surface area is 53.8 Å². The summed E-state index contributed by atoms with van der Waals surface area (Å²) < 4.78 is 0. The molecule has 0 N–H and O–H groups in total. The lowest BCUT2D eigenvalue weighted by Crippen LogP contribution is -1.79. The van der Waals surface area contributed by atoms with Crippen LogP contribution in [0.3, 0.4) is 0 Å². The van der Waals surface area contributed by atoms with E-state index in [9.17, 15) is 0 Å². The van der Waals surface area contributed by atoms with E-state index in [1.807, 2.05) is 0 Å². The van der Waals surface area contributed by atoms with Crippen LogP contribution in [0.1, 0.15) is 0 Å². The number of halogens is 1. The molecule has 0 aromatic heterocycles. The van der Waals surface area contributed by atoms with Gasteiger partial charge in [-0.15, -0.1) is 0 Å². The highest BCUT2D eigenvalue weighted by Crippen LogP contribution is 1.79. The number of rotatable bonds is 3. The van der Waals surface area contributed by atoms with Crippen molar-refractivity contribution in [3.63, 3.8) is 0 Å². The van der Waals surface area contributed by atoms with Crippen LogP contribution in [0.15, 0.2) is 16.8 Å². The van der Waals surface area contributed by atoms with Gasteiger partial charge in [0.1, 0.15) is 6.61 Å². The number of oxime groups is 1. The minimum atomic E-state index is 0.398. The van der Waals surface area contributed by atoms with E-state index in [0.717, 1.165) is 0 Å². The second-order valence-corrected chi connectivity index (χ2v) is 1.20. The summed E-state index contributed by atoms with van der Waals surface area (Å²) in [5.74, 6) is 0. The van der Waals surface area contributed by atoms with E-state index in [1.165, 1.54) is 11.7 Å². The fraction of sp³-hybridized carbons (Fsp3) is 0.200. The third-order valence-electron chi connectivity index (χ3n) is 0.409. The Hall–Kier alpha value is -0.500. The van der Waals surface area contributed by atoms with Crippen molar-refractivity contribution in [2.75, 3.05) is 6.61 Å². The van der Waals surface area contributed by atoms with Crippen molar-refractivity contribution in [1.82, 2.24) is 0 Å². The second kappa shape index (κ2) is 6.50. The van der Waals surface area contributed by atoms with Crippen LogP contribution in [0.25, 0.3) is 0 Å². The molecule has 8 heavy (non-hydrogen) atoms. The highest BCUT2D eigenvalue weighted by molar-refractivity contribution is 6.25. The predicted octanol–water partition coefficient (Wildman–Crippen LogP) is 1.58. The third-order valence-corrected chi connectivity index (χ3v) is 0.587. The van der Waals surface area contributed by atoms with Gasteiger partial charge >= 0.3 is 0 Å². The van der Waals surface area contributed by atoms with E-state index in [4.69, 9.17) is 11.6 Å². The fourth-order valence-electron chi connectivity index (χ4n) is 0.175. The van der Waals surface area contributed by atoms with Crippen LogP contribution in [0.4, 0.5) is 0 Å². The van der Waals surface area contributed by atoms with Gasteiger partial charge in [0.2, 0.25) is 0 Å². The standard InChI is InChI=1S/C5H7ClNO/c1-2-7-8-5-3-4-6/h2-4H,1,5H2. The fourth-order valence-corrected chi connectivity index (χ4v) is 0.248. The first-order valence-corrected chi connectivity index (χ1v) is 2.53. The highest BCUT2D eigenvalue weighted by atomic mass is 35.5. The first-order valence-electron chi connectivity index (χ1n) is 2.10. The Morgan fingerprint density at radius 3 is 3.00 bits per heavy atom. The zero-order valence-corrected chi connectivity index (χ0v) is 5.14. The van der Waals surface area contributed by atoms with Crippen molar-refractivity contribution >= 4 is 17.8 Å². The molecule has 0 atom stereocenters. The quantitative estimate of drug-likeness (QED) is 0.325. The summed E-state index contributed by atoms with van der Waals surface area (Å²) in [5, 5.41) is 3.36. The SMILES string of the molecule is [CH2]C=NOCC=CCl. The number of nitrogens with zero attached hydrogens (tertiary/aromatic N) is 1. The molecule has 2 nitrogen and oxygen atoms in total. The van der Waals surface area contributed by atoms with E-state index in [0.29, 0.717) is 6.61 Å². The Balaban J connectivity index is 2.93. The molecule has 0 spiro atoms. The average Bonchev–Trinajstić information content (AvgIpc) is 1.81. The van der Waals surface area contributed by atoms with Crippen molar-refractivity contribution in [3.05, 3.63) is 18.5 Å². The van der Waals surface area contributed by atoms with Gasteiger partial charge in [-0.3, -0.25) is 0 Å². The predicted molar refractivity (Wildman–Crippen MR) is 34.8 cm³/mol. The van der Waals surface area contributed by atoms with Crippen LogP contribution in [0.5, 0.6) is 0 Å². The molecule has 0 fully saturated rings. The van der Waals surface area contributed by atoms with Crippen molar-refractivity contribution in [1.29, 1.82) is 0 Å². The molecule has 3 heteroatoms. The van der Waals surface area contributed by atoms with Crippen LogP contribution >= 0.6 is 11.6 Å². The molecule has 0 aromatic rings. The summed E-state index contributed by atoms with van der Waals surface area (Å²) in [6, 6.07) is 0. The highest BCUT2D eigenvalue weighted by Gasteiger charge is 1.69. The Morgan fingerprint density at radius 2 is 2.50 bits per heavy atom. The molecule has 0 aliphatic rings. The molecule has 0 heterocycles. The molecule has 0 aliphatic carbocycles. The second-order valence-electron chi connectivity index (χ2n) is 0.945. The molecule has 0 aliphatic heterocycles. The molecule has 1 radical (unpaired) electrons. The summed E-state index contributed by atoms with van der Waals surface area (Å²) in [7, 11) is 0. The van der Waals surface area contributed by atoms with Crippen LogP contribution < -0.4 is 0 Å². The van der Waals surface area contributed by atoms with Crippen molar-refractivity contribution in [3.8, 4) is 0 Å². The monoisotopic (exact) mass is 132 g/mol. The van der Waals surface area contributed by atoms with Crippen LogP contribution in [0, 0.1) is 6.92 Å². The summed E-state index contributed by atoms with van der Waals surface area (Å²) in [6.07, 6.45) is 2.95. The van der Waals surface area contributed by atoms with E-state index in [2.05, 4.69) is 16.9 Å². The van der Waals surface area contributed by atoms with Crippen molar-refractivity contribution < 1.29 is 4.84 Å². The molecule has 0 saturated heterocycles. The van der Waals surface area contributed by atoms with Gasteiger partial charge in [0.05, 0.1) is 0 Å². The molecule has 0 aromatic carbocycles. The lowest BCUT2D eigenvalue weighted by atomic mass is 10.7. The average molecular weight is 133 g/mol. The van der Waals surface area contributed by atoms with Gasteiger partial charge in [-0.1, -0.05) is 16.8 Å². The van der Waals surface area contributed by atoms with Gasteiger partial charge in [-0.2, -0.15) is 0 Å². The maximum Gasteiger partial charge on any atom is 0.136 e. The van der Waals surface area contributed by atoms with E-state index in [-0.39, 0.29) is 0 Å². The zero-order valence-electron chi connectivity index (χ0n) is 4.38. The van der Waals surface area contributed by atoms with Crippen LogP contribution in [-0.2, 0) is 4.84 Å². The molecule has 45 valence electrons. The lowest BCUT2D eigenvalue weighted by Gasteiger charge is -1.87. The lowest BCUT2D eigenvalue weighted by molar-refractivity contribution is 0.176. The number of hydrogen-bond acceptors (Lipinski definition) is 2. The Bertz CT molecular complexity index is 78.4. The summed E-state index contributed by atoms with van der Waals surface area (Å²) in [6.45, 7) is 3.71. The van der Waals surface area contributed by atoms with Gasteiger partial charge in [0.25, 0.3) is 0 Å². The Morgan fingerprint density at radius 1 is 1.75 bits per heavy atom. The normalized spacial score (nSPS) is 11.2. The van der Waals surface area contributed by atoms with Crippen LogP contribution in [0.2, 0.25) is 0 Å². The summed E-state index contributed by atoms with van der Waals surface area (Å²) >= 11 is 5.15. The first kappa shape index (κ1) is 7.50. The molecular weight excluding hydrogens is 126 g/mol. The third kappa shape index (κ3) is 5.50. The van der Waals surface area contributed by atoms with Crippen LogP contribution in [-0.4, -0.2) is 12.8 Å². The number of hydrogen-bond donors (Lipinski definition) is 0. The topological polar surface area (TPSA) is 21.6 Å². The largest absolute Gasteiger partial charge is 0.392 e. The molecule has 0 amide bonds. The maximum absolute atomic E-state index is 5.15. The Kier molecular flexibility index (Phi) is 6.09. The molecule has 0 unspecified atom stereocenters. The van der Waals surface area contributed by atoms with E-state index >= 15 is 0 Å². The van der Waals surface area contributed by atoms with Crippen molar-refractivity contribution in [2.45, 2.75) is 0 Å². The first-order chi connectivity index (χ1) is 3.91. The molecular formula is C5H7ClNO. The van der Waals surface area contributed by atoms with Gasteiger partial charge < -0.3 is 4.84 Å². The molecule has 0 bridgehead atoms. The minimum absolute atomic E-state index is 0.398. The maximum atomic E-state index is 5.15. The smallest absolute Gasteiger partial charge is 0.136 e. The van der Waals surface area contributed by atoms with Gasteiger partial charge in [0, 0.05) is 11.7 Å². The summed E-state index contributed by atoms with van der Waals surface area (Å²) in [4.78, 5) is 4.56. The minimum Gasteiger partial charge on any atom is -0.392 e. The van der Waals surface area contributed by atoms with Crippen molar-refractivity contribution in [2.24, 2.45) is 5.16 Å². The van der Waals surface area contributed by atoms with E-state index in [1.54, 1.807) is 6.08 Å². The van der Waals surface area contributed by atoms with E-state index < -0.39 is 0 Å². The summed E-state index contributed by atoms with van der Waals surface area (Å²) in [5.41, 5.74) is 1.37.